The summed E-state index contributed by atoms with van der Waals surface area (Å²) in [5.74, 6) is 0. The third-order valence-corrected chi connectivity index (χ3v) is 6.62. The van der Waals surface area contributed by atoms with E-state index in [1.165, 1.54) is 42.9 Å². The Morgan fingerprint density at radius 3 is 2.77 bits per heavy atom. The molecular weight excluding hydrogens is 406 g/mol. The maximum absolute atomic E-state index is 11.3. The molecule has 3 aromatic rings. The zero-order valence-corrected chi connectivity index (χ0v) is 18.8. The predicted molar refractivity (Wildman–Crippen MR) is 127 cm³/mol. The molecule has 0 saturated carbocycles. The highest BCUT2D eigenvalue weighted by Crippen LogP contribution is 2.27. The summed E-state index contributed by atoms with van der Waals surface area (Å²) in [6.07, 6.45) is 8.24. The highest BCUT2D eigenvalue weighted by atomic mass is 32.1. The van der Waals surface area contributed by atoms with Gasteiger partial charge in [0.1, 0.15) is 0 Å². The Labute approximate surface area is 186 Å². The second-order valence-corrected chi connectivity index (χ2v) is 8.96. The van der Waals surface area contributed by atoms with Gasteiger partial charge in [0.2, 0.25) is 0 Å². The first-order valence-electron chi connectivity index (χ1n) is 10.7. The van der Waals surface area contributed by atoms with Crippen molar-refractivity contribution in [1.29, 1.82) is 0 Å². The van der Waals surface area contributed by atoms with Crippen LogP contribution in [-0.2, 0) is 6.54 Å². The Morgan fingerprint density at radius 1 is 1.16 bits per heavy atom. The van der Waals surface area contributed by atoms with Crippen molar-refractivity contribution in [2.24, 2.45) is 4.99 Å². The number of aryl methyl sites for hydroxylation is 2. The van der Waals surface area contributed by atoms with Gasteiger partial charge < -0.3 is 4.57 Å². The van der Waals surface area contributed by atoms with Crippen LogP contribution < -0.4 is 4.80 Å². The first kappa shape index (κ1) is 21.2. The smallest absolute Gasteiger partial charge is 0.270 e. The minimum absolute atomic E-state index is 0.109. The lowest BCUT2D eigenvalue weighted by atomic mass is 9.97. The standard InChI is InChI=1S/C25H27N3O2S/c1-18-11-12-23(19(2)15-18)26-25-27(14-13-20-7-4-3-5-8-20)24(17-31-25)21-9-6-10-22(16-21)28(29)30/h6-7,9-12,15-17H,3-5,8,13-14H2,1-2H3. The van der Waals surface area contributed by atoms with Crippen LogP contribution in [0.5, 0.6) is 0 Å². The molecule has 4 rings (SSSR count). The molecule has 2 aromatic carbocycles. The van der Waals surface area contributed by atoms with Crippen molar-refractivity contribution in [3.05, 3.63) is 85.5 Å². The molecule has 0 fully saturated rings. The second kappa shape index (κ2) is 9.43. The fraction of sp³-hybridized carbons (Fsp3) is 0.320. The molecule has 0 spiro atoms. The zero-order valence-electron chi connectivity index (χ0n) is 18.0. The summed E-state index contributed by atoms with van der Waals surface area (Å²) in [6, 6.07) is 13.2. The number of aromatic nitrogens is 1. The second-order valence-electron chi connectivity index (χ2n) is 8.12. The quantitative estimate of drug-likeness (QED) is 0.242. The molecule has 0 amide bonds. The van der Waals surface area contributed by atoms with Crippen molar-refractivity contribution in [2.45, 2.75) is 52.5 Å². The minimum atomic E-state index is -0.339. The highest BCUT2D eigenvalue weighted by Gasteiger charge is 2.14. The van der Waals surface area contributed by atoms with E-state index < -0.39 is 0 Å². The maximum atomic E-state index is 11.3. The summed E-state index contributed by atoms with van der Waals surface area (Å²) in [4.78, 5) is 16.8. The number of thiazole rings is 1. The van der Waals surface area contributed by atoms with Gasteiger partial charge in [0.05, 0.1) is 16.3 Å². The van der Waals surface area contributed by atoms with Gasteiger partial charge in [-0.15, -0.1) is 11.3 Å². The molecule has 1 aliphatic rings. The third kappa shape index (κ3) is 5.02. The van der Waals surface area contributed by atoms with Crippen LogP contribution in [-0.4, -0.2) is 9.49 Å². The lowest BCUT2D eigenvalue weighted by Gasteiger charge is -2.14. The van der Waals surface area contributed by atoms with Crippen molar-refractivity contribution >= 4 is 22.7 Å². The molecule has 0 unspecified atom stereocenters. The van der Waals surface area contributed by atoms with E-state index >= 15 is 0 Å². The summed E-state index contributed by atoms with van der Waals surface area (Å²) in [6.45, 7) is 4.98. The molecule has 0 bridgehead atoms. The maximum Gasteiger partial charge on any atom is 0.270 e. The molecular formula is C25H27N3O2S. The largest absolute Gasteiger partial charge is 0.316 e. The predicted octanol–water partition coefficient (Wildman–Crippen LogP) is 6.86. The van der Waals surface area contributed by atoms with Crippen molar-refractivity contribution < 1.29 is 4.92 Å². The van der Waals surface area contributed by atoms with Gasteiger partial charge in [-0.05, 0) is 57.6 Å². The van der Waals surface area contributed by atoms with Gasteiger partial charge in [0.15, 0.2) is 4.80 Å². The van der Waals surface area contributed by atoms with Gasteiger partial charge in [-0.1, -0.05) is 41.5 Å². The Kier molecular flexibility index (Phi) is 6.47. The lowest BCUT2D eigenvalue weighted by Crippen LogP contribution is -2.17. The fourth-order valence-electron chi connectivity index (χ4n) is 4.07. The molecule has 5 nitrogen and oxygen atoms in total. The number of hydrogen-bond acceptors (Lipinski definition) is 4. The fourth-order valence-corrected chi connectivity index (χ4v) is 5.01. The van der Waals surface area contributed by atoms with Crippen LogP contribution in [0, 0.1) is 24.0 Å². The van der Waals surface area contributed by atoms with Crippen molar-refractivity contribution in [3.8, 4) is 11.3 Å². The number of rotatable bonds is 6. The van der Waals surface area contributed by atoms with Gasteiger partial charge in [-0.25, -0.2) is 4.99 Å². The average molecular weight is 434 g/mol. The Bertz CT molecular complexity index is 1200. The summed E-state index contributed by atoms with van der Waals surface area (Å²) < 4.78 is 2.22. The summed E-state index contributed by atoms with van der Waals surface area (Å²) in [5, 5.41) is 13.4. The lowest BCUT2D eigenvalue weighted by molar-refractivity contribution is -0.384. The van der Waals surface area contributed by atoms with E-state index in [2.05, 4.69) is 48.1 Å². The molecule has 0 radical (unpaired) electrons. The van der Waals surface area contributed by atoms with Crippen LogP contribution in [0.2, 0.25) is 0 Å². The zero-order chi connectivity index (χ0) is 21.8. The van der Waals surface area contributed by atoms with E-state index in [9.17, 15) is 10.1 Å². The molecule has 6 heteroatoms. The SMILES string of the molecule is Cc1ccc(N=c2scc(-c3cccc([N+](=O)[O-])c3)n2CCC2=CCCCC2)c(C)c1. The molecule has 1 heterocycles. The summed E-state index contributed by atoms with van der Waals surface area (Å²) >= 11 is 1.59. The first-order chi connectivity index (χ1) is 15.0. The van der Waals surface area contributed by atoms with Crippen LogP contribution in [0.25, 0.3) is 11.3 Å². The van der Waals surface area contributed by atoms with Gasteiger partial charge in [0, 0.05) is 29.6 Å². The van der Waals surface area contributed by atoms with Gasteiger partial charge in [-0.2, -0.15) is 0 Å². The van der Waals surface area contributed by atoms with Gasteiger partial charge in [0.25, 0.3) is 5.69 Å². The summed E-state index contributed by atoms with van der Waals surface area (Å²) in [7, 11) is 0. The van der Waals surface area contributed by atoms with Crippen LogP contribution >= 0.6 is 11.3 Å². The van der Waals surface area contributed by atoms with E-state index in [4.69, 9.17) is 4.99 Å². The molecule has 31 heavy (non-hydrogen) atoms. The van der Waals surface area contributed by atoms with E-state index in [-0.39, 0.29) is 10.6 Å². The van der Waals surface area contributed by atoms with Crippen molar-refractivity contribution in [2.75, 3.05) is 0 Å². The van der Waals surface area contributed by atoms with Gasteiger partial charge >= 0.3 is 0 Å². The monoisotopic (exact) mass is 433 g/mol. The Balaban J connectivity index is 1.78. The topological polar surface area (TPSA) is 60.4 Å². The summed E-state index contributed by atoms with van der Waals surface area (Å²) in [5.41, 5.74) is 6.77. The first-order valence-corrected chi connectivity index (χ1v) is 11.6. The number of allylic oxidation sites excluding steroid dienone is 2. The average Bonchev–Trinajstić information content (AvgIpc) is 3.17. The van der Waals surface area contributed by atoms with E-state index in [1.54, 1.807) is 23.5 Å². The highest BCUT2D eigenvalue weighted by molar-refractivity contribution is 7.07. The Hall–Kier alpha value is -2.99. The molecule has 160 valence electrons. The Morgan fingerprint density at radius 2 is 2.03 bits per heavy atom. The van der Waals surface area contributed by atoms with E-state index in [0.29, 0.717) is 0 Å². The van der Waals surface area contributed by atoms with Crippen LogP contribution in [0.4, 0.5) is 11.4 Å². The number of nitrogens with zero attached hydrogens (tertiary/aromatic N) is 3. The van der Waals surface area contributed by atoms with Crippen LogP contribution in [0.3, 0.4) is 0 Å². The molecule has 1 aromatic heterocycles. The van der Waals surface area contributed by atoms with Crippen molar-refractivity contribution in [1.82, 2.24) is 4.57 Å². The molecule has 0 saturated heterocycles. The molecule has 0 aliphatic heterocycles. The third-order valence-electron chi connectivity index (χ3n) is 5.76. The van der Waals surface area contributed by atoms with E-state index in [0.717, 1.165) is 40.3 Å². The molecule has 1 aliphatic carbocycles. The number of nitro groups is 1. The van der Waals surface area contributed by atoms with Gasteiger partial charge in [-0.3, -0.25) is 10.1 Å². The van der Waals surface area contributed by atoms with E-state index in [1.807, 2.05) is 6.07 Å². The minimum Gasteiger partial charge on any atom is -0.316 e. The number of non-ortho nitro benzene ring substituents is 1. The number of benzene rings is 2. The normalized spacial score (nSPS) is 14.5. The van der Waals surface area contributed by atoms with Crippen LogP contribution in [0.1, 0.15) is 43.2 Å². The number of nitro benzene ring substituents is 1. The number of hydrogen-bond donors (Lipinski definition) is 0. The van der Waals surface area contributed by atoms with Crippen LogP contribution in [0.15, 0.2) is 64.5 Å². The van der Waals surface area contributed by atoms with Crippen molar-refractivity contribution in [3.63, 3.8) is 0 Å². The molecule has 0 N–H and O–H groups in total. The molecule has 0 atom stereocenters.